The van der Waals surface area contributed by atoms with Crippen LogP contribution < -0.4 is 9.47 Å². The number of amides is 1. The number of hydrogen-bond donors (Lipinski definition) is 2. The molecule has 73 heavy (non-hydrogen) atoms. The maximum Gasteiger partial charge on any atom is 0.410 e. The molecule has 0 bridgehead atoms. The van der Waals surface area contributed by atoms with Crippen LogP contribution in [0, 0.1) is 27.9 Å². The fourth-order valence-corrected chi connectivity index (χ4v) is 11.4. The lowest BCUT2D eigenvalue weighted by Crippen LogP contribution is -2.70. The Morgan fingerprint density at radius 1 is 0.836 bits per heavy atom. The van der Waals surface area contributed by atoms with Gasteiger partial charge in [0.1, 0.15) is 29.9 Å². The molecule has 394 valence electrons. The van der Waals surface area contributed by atoms with E-state index in [2.05, 4.69) is 43.8 Å². The van der Waals surface area contributed by atoms with Crippen LogP contribution in [0.5, 0.6) is 17.2 Å². The van der Waals surface area contributed by atoms with Crippen LogP contribution in [0.1, 0.15) is 146 Å². The van der Waals surface area contributed by atoms with Crippen molar-refractivity contribution >= 4 is 28.3 Å². The number of nitro benzene ring substituents is 1. The van der Waals surface area contributed by atoms with Gasteiger partial charge in [0, 0.05) is 49.8 Å². The predicted molar refractivity (Wildman–Crippen MR) is 287 cm³/mol. The first-order valence-corrected chi connectivity index (χ1v) is 27.3. The van der Waals surface area contributed by atoms with E-state index in [-0.39, 0.29) is 56.3 Å². The van der Waals surface area contributed by atoms with Crippen molar-refractivity contribution < 1.29 is 43.7 Å². The number of hydrogen-bond acceptors (Lipinski definition) is 11. The van der Waals surface area contributed by atoms with Gasteiger partial charge in [-0.1, -0.05) is 132 Å². The third-order valence-electron chi connectivity index (χ3n) is 15.0. The molecule has 0 saturated heterocycles. The van der Waals surface area contributed by atoms with Crippen molar-refractivity contribution in [3.63, 3.8) is 0 Å². The summed E-state index contributed by atoms with van der Waals surface area (Å²) in [7, 11) is 0. The smallest absolute Gasteiger partial charge is 0.410 e. The van der Waals surface area contributed by atoms with Crippen LogP contribution >= 0.6 is 0 Å². The molecular formula is C60H79N3O10. The van der Waals surface area contributed by atoms with Gasteiger partial charge in [-0.05, 0) is 115 Å². The molecule has 4 aromatic carbocycles. The number of unbranched alkanes of at least 4 members (excludes halogenated alkanes) is 11. The number of carbonyl (C=O) groups is 1. The lowest BCUT2D eigenvalue weighted by Gasteiger charge is -2.59. The van der Waals surface area contributed by atoms with Crippen molar-refractivity contribution in [3.8, 4) is 17.2 Å². The molecule has 1 aliphatic heterocycles. The zero-order valence-corrected chi connectivity index (χ0v) is 43.3. The SMILES string of the molecule is C=CCOC12Oc3ccc(Oc4ccc5ccccc5c4)cc3C3C(CCCCO)C(CCCCO)C=C(C(=NOCc4ccc([N+](=O)[O-])cc4)CC1N(CCC)C(=O)OCCCCCCCCCCCC)C32. The number of nitrogens with zero attached hydrogens (tertiary/aromatic N) is 3. The van der Waals surface area contributed by atoms with Crippen molar-refractivity contribution in [2.45, 2.75) is 154 Å². The Morgan fingerprint density at radius 3 is 2.22 bits per heavy atom. The number of ether oxygens (including phenoxy) is 4. The number of fused-ring (bicyclic) bond motifs is 3. The summed E-state index contributed by atoms with van der Waals surface area (Å²) in [5.41, 5.74) is 3.21. The topological polar surface area (TPSA) is 162 Å². The zero-order chi connectivity index (χ0) is 51.4. The van der Waals surface area contributed by atoms with Crippen molar-refractivity contribution in [2.75, 3.05) is 33.0 Å². The second-order valence-electron chi connectivity index (χ2n) is 20.1. The van der Waals surface area contributed by atoms with E-state index >= 15 is 0 Å². The van der Waals surface area contributed by atoms with Crippen LogP contribution in [0.15, 0.2) is 114 Å². The van der Waals surface area contributed by atoms with Crippen LogP contribution in [-0.4, -0.2) is 76.6 Å². The standard InChI is InChI=1S/C60H79N3O10/c1-4-7-8-9-10-11-12-13-14-21-38-69-59(66)62(34-5-2)56-42-54(61-71-43-44-26-29-48(30-27-44)63(67)68)52-40-47(24-17-19-35-64)51(25-18-20-36-65)57-53-41-50(72-49-31-28-45-22-15-16-23-46(45)39-49)32-33-55(53)73-60(56,58(52)57)70-37-6-3/h6,15-16,22-23,26-33,39-41,47,51,56-58,64-65H,3-5,7-14,17-21,24-25,34-38,42-43H2,1-2H3. The molecule has 2 aliphatic carbocycles. The Kier molecular flexibility index (Phi) is 21.1. The van der Waals surface area contributed by atoms with Gasteiger partial charge in [-0.2, -0.15) is 0 Å². The van der Waals surface area contributed by atoms with Gasteiger partial charge >= 0.3 is 6.09 Å². The molecule has 0 radical (unpaired) electrons. The summed E-state index contributed by atoms with van der Waals surface area (Å²) in [4.78, 5) is 33.8. The van der Waals surface area contributed by atoms with Crippen LogP contribution in [0.3, 0.4) is 0 Å². The van der Waals surface area contributed by atoms with E-state index in [1.54, 1.807) is 23.1 Å². The highest BCUT2D eigenvalue weighted by Crippen LogP contribution is 2.62. The van der Waals surface area contributed by atoms with Gasteiger partial charge in [0.25, 0.3) is 5.69 Å². The third kappa shape index (κ3) is 14.1. The number of non-ortho nitro benzene ring substituents is 1. The number of benzene rings is 4. The molecule has 4 aromatic rings. The van der Waals surface area contributed by atoms with Crippen LogP contribution in [0.2, 0.25) is 0 Å². The Hall–Kier alpha value is -5.76. The monoisotopic (exact) mass is 1000 g/mol. The second kappa shape index (κ2) is 28.1. The molecule has 3 aliphatic rings. The number of nitro groups is 1. The van der Waals surface area contributed by atoms with E-state index in [0.717, 1.165) is 66.9 Å². The van der Waals surface area contributed by atoms with E-state index in [1.807, 2.05) is 43.3 Å². The Labute approximate surface area is 432 Å². The Morgan fingerprint density at radius 2 is 1.52 bits per heavy atom. The normalized spacial score (nSPS) is 21.4. The van der Waals surface area contributed by atoms with Gasteiger partial charge in [0.15, 0.2) is 0 Å². The number of aliphatic hydroxyl groups is 2. The van der Waals surface area contributed by atoms with E-state index in [9.17, 15) is 25.1 Å². The number of aliphatic hydroxyl groups excluding tert-OH is 2. The summed E-state index contributed by atoms with van der Waals surface area (Å²) in [6.45, 7) is 9.38. The minimum atomic E-state index is -1.44. The molecule has 2 N–H and O–H groups in total. The van der Waals surface area contributed by atoms with Crippen molar-refractivity contribution in [3.05, 3.63) is 130 Å². The summed E-state index contributed by atoms with van der Waals surface area (Å²) >= 11 is 0. The number of oxime groups is 1. The molecule has 1 saturated carbocycles. The molecular weight excluding hydrogens is 923 g/mol. The fraction of sp³-hybridized carbons (Fsp3) is 0.533. The van der Waals surface area contributed by atoms with Crippen molar-refractivity contribution in [1.29, 1.82) is 0 Å². The first-order chi connectivity index (χ1) is 35.7. The molecule has 6 unspecified atom stereocenters. The molecule has 0 aromatic heterocycles. The Balaban J connectivity index is 1.30. The van der Waals surface area contributed by atoms with Crippen LogP contribution in [0.4, 0.5) is 10.5 Å². The average Bonchev–Trinajstić information content (AvgIpc) is 3.40. The van der Waals surface area contributed by atoms with Crippen LogP contribution in [-0.2, 0) is 20.9 Å². The lowest BCUT2D eigenvalue weighted by atomic mass is 9.55. The fourth-order valence-electron chi connectivity index (χ4n) is 11.4. The van der Waals surface area contributed by atoms with Crippen molar-refractivity contribution in [1.82, 2.24) is 4.90 Å². The average molecular weight is 1000 g/mol. The first-order valence-electron chi connectivity index (χ1n) is 27.3. The van der Waals surface area contributed by atoms with E-state index < -0.39 is 28.8 Å². The third-order valence-corrected chi connectivity index (χ3v) is 15.0. The number of rotatable bonds is 31. The number of carbonyl (C=O) groups excluding carboxylic acids is 1. The molecule has 1 fully saturated rings. The van der Waals surface area contributed by atoms with Gasteiger partial charge in [-0.25, -0.2) is 4.79 Å². The van der Waals surface area contributed by atoms with Crippen LogP contribution in [0.25, 0.3) is 10.8 Å². The molecule has 1 heterocycles. The lowest BCUT2D eigenvalue weighted by molar-refractivity contribution is -0.384. The minimum Gasteiger partial charge on any atom is -0.459 e. The quantitative estimate of drug-likeness (QED) is 0.0215. The van der Waals surface area contributed by atoms with Gasteiger partial charge in [-0.3, -0.25) is 15.0 Å². The Bertz CT molecular complexity index is 2460. The van der Waals surface area contributed by atoms with Crippen molar-refractivity contribution in [2.24, 2.45) is 22.9 Å². The summed E-state index contributed by atoms with van der Waals surface area (Å²) in [6, 6.07) is 25.7. The van der Waals surface area contributed by atoms with E-state index in [4.69, 9.17) is 28.9 Å². The summed E-state index contributed by atoms with van der Waals surface area (Å²) in [5, 5.41) is 38.7. The van der Waals surface area contributed by atoms with E-state index in [1.165, 1.54) is 57.1 Å². The highest BCUT2D eigenvalue weighted by atomic mass is 16.7. The van der Waals surface area contributed by atoms with Gasteiger partial charge in [0.2, 0.25) is 5.79 Å². The minimum absolute atomic E-state index is 0.0142. The van der Waals surface area contributed by atoms with E-state index in [0.29, 0.717) is 60.9 Å². The summed E-state index contributed by atoms with van der Waals surface area (Å²) < 4.78 is 27.5. The highest BCUT2D eigenvalue weighted by molar-refractivity contribution is 6.03. The van der Waals surface area contributed by atoms with Gasteiger partial charge in [-0.15, -0.1) is 6.58 Å². The molecule has 13 nitrogen and oxygen atoms in total. The molecule has 1 amide bonds. The largest absolute Gasteiger partial charge is 0.459 e. The molecule has 6 atom stereocenters. The zero-order valence-electron chi connectivity index (χ0n) is 43.3. The highest BCUT2D eigenvalue weighted by Gasteiger charge is 2.65. The molecule has 7 rings (SSSR count). The maximum atomic E-state index is 14.8. The maximum absolute atomic E-state index is 14.8. The second-order valence-corrected chi connectivity index (χ2v) is 20.1. The summed E-state index contributed by atoms with van der Waals surface area (Å²) in [6.07, 6.45) is 20.6. The molecule has 13 heteroatoms. The number of allylic oxidation sites excluding steroid dienone is 1. The van der Waals surface area contributed by atoms with Gasteiger partial charge in [0.05, 0.1) is 29.8 Å². The molecule has 0 spiro atoms. The van der Waals surface area contributed by atoms with Gasteiger partial charge < -0.3 is 34.0 Å². The first kappa shape index (κ1) is 55.0. The predicted octanol–water partition coefficient (Wildman–Crippen LogP) is 14.1. The summed E-state index contributed by atoms with van der Waals surface area (Å²) in [5.74, 6) is -0.167.